The van der Waals surface area contributed by atoms with Crippen molar-refractivity contribution in [3.63, 3.8) is 0 Å². The summed E-state index contributed by atoms with van der Waals surface area (Å²) in [5.41, 5.74) is 6.12. The van der Waals surface area contributed by atoms with E-state index in [0.29, 0.717) is 6.61 Å². The van der Waals surface area contributed by atoms with Gasteiger partial charge in [-0.25, -0.2) is 0 Å². The third-order valence-corrected chi connectivity index (χ3v) is 2.59. The van der Waals surface area contributed by atoms with E-state index in [-0.39, 0.29) is 17.9 Å². The van der Waals surface area contributed by atoms with Crippen molar-refractivity contribution in [1.82, 2.24) is 5.32 Å². The van der Waals surface area contributed by atoms with Crippen molar-refractivity contribution in [2.45, 2.75) is 32.7 Å². The van der Waals surface area contributed by atoms with E-state index in [2.05, 4.69) is 31.4 Å². The number of hydrogen-bond donors (Lipinski definition) is 3. The van der Waals surface area contributed by atoms with Crippen molar-refractivity contribution in [3.05, 3.63) is 24.3 Å². The van der Waals surface area contributed by atoms with Gasteiger partial charge in [-0.1, -0.05) is 12.1 Å². The highest BCUT2D eigenvalue weighted by Crippen LogP contribution is 2.23. The third-order valence-electron chi connectivity index (χ3n) is 2.59. The summed E-state index contributed by atoms with van der Waals surface area (Å²) >= 11 is 0. The van der Waals surface area contributed by atoms with Crippen LogP contribution in [0.5, 0.6) is 5.75 Å². The zero-order valence-electron chi connectivity index (χ0n) is 12.5. The summed E-state index contributed by atoms with van der Waals surface area (Å²) in [6.45, 7) is 8.36. The van der Waals surface area contributed by atoms with Gasteiger partial charge in [0.25, 0.3) is 0 Å². The molecule has 112 valence electrons. The molecule has 1 amide bonds. The lowest BCUT2D eigenvalue weighted by atomic mass is 10.1. The Morgan fingerprint density at radius 2 is 1.95 bits per heavy atom. The van der Waals surface area contributed by atoms with Crippen LogP contribution < -0.4 is 21.1 Å². The first-order valence-electron chi connectivity index (χ1n) is 6.87. The summed E-state index contributed by atoms with van der Waals surface area (Å²) in [5.74, 6) is 0.384. The molecule has 0 spiro atoms. The second kappa shape index (κ2) is 7.75. The van der Waals surface area contributed by atoms with Gasteiger partial charge in [-0.15, -0.1) is 0 Å². The molecule has 1 aromatic carbocycles. The Hall–Kier alpha value is -1.75. The Bertz CT molecular complexity index is 427. The van der Waals surface area contributed by atoms with Gasteiger partial charge in [0.05, 0.1) is 18.7 Å². The minimum Gasteiger partial charge on any atom is -0.491 e. The van der Waals surface area contributed by atoms with Gasteiger partial charge < -0.3 is 21.1 Å². The molecule has 0 aromatic heterocycles. The lowest BCUT2D eigenvalue weighted by molar-refractivity contribution is -0.118. The van der Waals surface area contributed by atoms with Crippen LogP contribution >= 0.6 is 0 Å². The van der Waals surface area contributed by atoms with Crippen molar-refractivity contribution < 1.29 is 9.53 Å². The molecule has 0 aliphatic rings. The molecule has 0 saturated carbocycles. The highest BCUT2D eigenvalue weighted by atomic mass is 16.5. The molecule has 0 bridgehead atoms. The van der Waals surface area contributed by atoms with Gasteiger partial charge in [0, 0.05) is 18.6 Å². The number of amides is 1. The van der Waals surface area contributed by atoms with Crippen molar-refractivity contribution >= 4 is 11.6 Å². The van der Waals surface area contributed by atoms with Gasteiger partial charge in [0.1, 0.15) is 5.75 Å². The average molecular weight is 279 g/mol. The average Bonchev–Trinajstić information content (AvgIpc) is 2.34. The molecule has 1 rings (SSSR count). The van der Waals surface area contributed by atoms with Crippen LogP contribution in [0.2, 0.25) is 0 Å². The van der Waals surface area contributed by atoms with Crippen LogP contribution in [0.25, 0.3) is 0 Å². The topological polar surface area (TPSA) is 76.4 Å². The lowest BCUT2D eigenvalue weighted by Gasteiger charge is -2.21. The maximum atomic E-state index is 10.7. The van der Waals surface area contributed by atoms with Gasteiger partial charge in [-0.3, -0.25) is 4.79 Å². The molecule has 0 aliphatic carbocycles. The number of carbonyl (C=O) groups is 1. The fraction of sp³-hybridized carbons (Fsp3) is 0.533. The van der Waals surface area contributed by atoms with E-state index >= 15 is 0 Å². The molecule has 5 nitrogen and oxygen atoms in total. The standard InChI is InChI=1S/C15H25N3O2/c1-15(2,3)18-10-9-17-12-6-4-5-7-13(12)20-11-8-14(16)19/h4-7,17-18H,8-11H2,1-3H3,(H2,16,19). The van der Waals surface area contributed by atoms with Crippen LogP contribution in [0.15, 0.2) is 24.3 Å². The quantitative estimate of drug-likeness (QED) is 0.634. The number of para-hydroxylation sites is 2. The van der Waals surface area contributed by atoms with Gasteiger partial charge >= 0.3 is 0 Å². The van der Waals surface area contributed by atoms with Crippen LogP contribution in [0.4, 0.5) is 5.69 Å². The largest absolute Gasteiger partial charge is 0.491 e. The molecular weight excluding hydrogens is 254 g/mol. The minimum atomic E-state index is -0.357. The second-order valence-corrected chi connectivity index (χ2v) is 5.66. The number of ether oxygens (including phenoxy) is 1. The van der Waals surface area contributed by atoms with E-state index in [1.165, 1.54) is 0 Å². The van der Waals surface area contributed by atoms with Gasteiger partial charge in [-0.2, -0.15) is 0 Å². The summed E-state index contributed by atoms with van der Waals surface area (Å²) in [4.78, 5) is 10.7. The molecule has 0 unspecified atom stereocenters. The van der Waals surface area contributed by atoms with Crippen LogP contribution in [0, 0.1) is 0 Å². The maximum Gasteiger partial charge on any atom is 0.220 e. The number of benzene rings is 1. The molecule has 0 saturated heterocycles. The van der Waals surface area contributed by atoms with E-state index in [1.807, 2.05) is 24.3 Å². The lowest BCUT2D eigenvalue weighted by Crippen LogP contribution is -2.38. The first kappa shape index (κ1) is 16.3. The summed E-state index contributed by atoms with van der Waals surface area (Å²) < 4.78 is 5.56. The normalized spacial score (nSPS) is 11.2. The van der Waals surface area contributed by atoms with Crippen molar-refractivity contribution in [3.8, 4) is 5.75 Å². The number of hydrogen-bond acceptors (Lipinski definition) is 4. The predicted molar refractivity (Wildman–Crippen MR) is 82.0 cm³/mol. The number of nitrogens with one attached hydrogen (secondary N) is 2. The van der Waals surface area contributed by atoms with E-state index in [9.17, 15) is 4.79 Å². The molecule has 0 atom stereocenters. The summed E-state index contributed by atoms with van der Waals surface area (Å²) in [6.07, 6.45) is 0.222. The smallest absolute Gasteiger partial charge is 0.220 e. The summed E-state index contributed by atoms with van der Waals surface area (Å²) in [5, 5.41) is 6.73. The SMILES string of the molecule is CC(C)(C)NCCNc1ccccc1OCCC(N)=O. The zero-order chi connectivity index (χ0) is 15.0. The van der Waals surface area contributed by atoms with E-state index < -0.39 is 0 Å². The van der Waals surface area contributed by atoms with Gasteiger partial charge in [-0.05, 0) is 32.9 Å². The van der Waals surface area contributed by atoms with E-state index in [0.717, 1.165) is 24.5 Å². The molecule has 20 heavy (non-hydrogen) atoms. The van der Waals surface area contributed by atoms with Crippen LogP contribution in [-0.2, 0) is 4.79 Å². The number of carbonyl (C=O) groups excluding carboxylic acids is 1. The molecule has 0 fully saturated rings. The van der Waals surface area contributed by atoms with Crippen LogP contribution in [-0.4, -0.2) is 31.1 Å². The van der Waals surface area contributed by atoms with E-state index in [4.69, 9.17) is 10.5 Å². The molecule has 5 heteroatoms. The maximum absolute atomic E-state index is 10.7. The molecule has 1 aromatic rings. The summed E-state index contributed by atoms with van der Waals surface area (Å²) in [6, 6.07) is 7.68. The van der Waals surface area contributed by atoms with Gasteiger partial charge in [0.2, 0.25) is 5.91 Å². The monoisotopic (exact) mass is 279 g/mol. The fourth-order valence-electron chi connectivity index (χ4n) is 1.63. The summed E-state index contributed by atoms with van der Waals surface area (Å²) in [7, 11) is 0. The van der Waals surface area contributed by atoms with Crippen LogP contribution in [0.1, 0.15) is 27.2 Å². The molecule has 0 radical (unpaired) electrons. The molecule has 4 N–H and O–H groups in total. The van der Waals surface area contributed by atoms with Crippen molar-refractivity contribution in [2.75, 3.05) is 25.0 Å². The fourth-order valence-corrected chi connectivity index (χ4v) is 1.63. The number of rotatable bonds is 8. The zero-order valence-corrected chi connectivity index (χ0v) is 12.5. The third kappa shape index (κ3) is 6.99. The Morgan fingerprint density at radius 1 is 1.25 bits per heavy atom. The first-order chi connectivity index (χ1) is 9.38. The molecule has 0 heterocycles. The van der Waals surface area contributed by atoms with E-state index in [1.54, 1.807) is 0 Å². The Labute approximate surface area is 120 Å². The Balaban J connectivity index is 2.42. The van der Waals surface area contributed by atoms with Crippen molar-refractivity contribution in [1.29, 1.82) is 0 Å². The highest BCUT2D eigenvalue weighted by molar-refractivity contribution is 5.73. The Morgan fingerprint density at radius 3 is 2.60 bits per heavy atom. The predicted octanol–water partition coefficient (Wildman–Crippen LogP) is 1.74. The number of primary amides is 1. The highest BCUT2D eigenvalue weighted by Gasteiger charge is 2.08. The van der Waals surface area contributed by atoms with Crippen molar-refractivity contribution in [2.24, 2.45) is 5.73 Å². The number of nitrogens with two attached hydrogens (primary N) is 1. The first-order valence-corrected chi connectivity index (χ1v) is 6.87. The minimum absolute atomic E-state index is 0.110. The Kier molecular flexibility index (Phi) is 6.31. The van der Waals surface area contributed by atoms with Crippen LogP contribution in [0.3, 0.4) is 0 Å². The molecule has 0 aliphatic heterocycles. The molecular formula is C15H25N3O2. The number of anilines is 1. The van der Waals surface area contributed by atoms with Gasteiger partial charge in [0.15, 0.2) is 0 Å². The second-order valence-electron chi connectivity index (χ2n) is 5.66.